The summed E-state index contributed by atoms with van der Waals surface area (Å²) in [5.74, 6) is 1.31. The maximum absolute atomic E-state index is 11.6. The molecule has 0 amide bonds. The van der Waals surface area contributed by atoms with Gasteiger partial charge in [0, 0.05) is 39.8 Å². The van der Waals surface area contributed by atoms with Gasteiger partial charge in [-0.1, -0.05) is 6.92 Å². The van der Waals surface area contributed by atoms with Crippen LogP contribution in [0.5, 0.6) is 0 Å². The molecule has 3 heterocycles. The van der Waals surface area contributed by atoms with Crippen LogP contribution in [-0.4, -0.2) is 64.5 Å². The van der Waals surface area contributed by atoms with Crippen LogP contribution in [0.2, 0.25) is 0 Å². The van der Waals surface area contributed by atoms with Crippen molar-refractivity contribution in [2.45, 2.75) is 52.2 Å². The summed E-state index contributed by atoms with van der Waals surface area (Å²) < 4.78 is 7.50. The van der Waals surface area contributed by atoms with Gasteiger partial charge in [-0.05, 0) is 39.0 Å². The summed E-state index contributed by atoms with van der Waals surface area (Å²) in [5, 5.41) is 15.9. The molecule has 146 valence electrons. The summed E-state index contributed by atoms with van der Waals surface area (Å²) in [7, 11) is 1.81. The van der Waals surface area contributed by atoms with Gasteiger partial charge >= 0.3 is 5.69 Å². The van der Waals surface area contributed by atoms with Crippen molar-refractivity contribution in [1.29, 1.82) is 0 Å². The molecule has 0 spiro atoms. The third-order valence-corrected chi connectivity index (χ3v) is 5.51. The first-order chi connectivity index (χ1) is 12.4. The minimum Gasteiger partial charge on any atom is -0.373 e. The van der Waals surface area contributed by atoms with E-state index in [-0.39, 0.29) is 10.6 Å². The lowest BCUT2D eigenvalue weighted by Crippen LogP contribution is -2.48. The molecule has 0 saturated carbocycles. The first kappa shape index (κ1) is 19.1. The average Bonchev–Trinajstić information content (AvgIpc) is 2.91. The number of morpholine rings is 1. The van der Waals surface area contributed by atoms with Crippen LogP contribution in [-0.2, 0) is 18.2 Å². The maximum Gasteiger partial charge on any atom is 0.334 e. The standard InChI is InChI=1S/C18H31N5O3/c1-5-16-17(23(24)25)18(20(4)19-16)22-8-6-15(7-9-22)12-21-10-13(2)26-14(3)11-21/h13-15H,5-12H2,1-4H3. The number of aromatic nitrogens is 2. The predicted molar refractivity (Wildman–Crippen MR) is 101 cm³/mol. The Morgan fingerprint density at radius 2 is 1.85 bits per heavy atom. The Labute approximate surface area is 155 Å². The zero-order valence-electron chi connectivity index (χ0n) is 16.3. The highest BCUT2D eigenvalue weighted by Crippen LogP contribution is 2.34. The van der Waals surface area contributed by atoms with Gasteiger partial charge in [-0.15, -0.1) is 0 Å². The lowest BCUT2D eigenvalue weighted by Gasteiger charge is -2.39. The van der Waals surface area contributed by atoms with Gasteiger partial charge < -0.3 is 9.64 Å². The van der Waals surface area contributed by atoms with E-state index in [4.69, 9.17) is 4.74 Å². The predicted octanol–water partition coefficient (Wildman–Crippen LogP) is 2.22. The molecular weight excluding hydrogens is 334 g/mol. The first-order valence-corrected chi connectivity index (χ1v) is 9.72. The van der Waals surface area contributed by atoms with Crippen LogP contribution in [0.3, 0.4) is 0 Å². The fourth-order valence-electron chi connectivity index (χ4n) is 4.46. The second kappa shape index (κ2) is 7.92. The molecule has 26 heavy (non-hydrogen) atoms. The Kier molecular flexibility index (Phi) is 5.82. The third-order valence-electron chi connectivity index (χ3n) is 5.51. The van der Waals surface area contributed by atoms with Gasteiger partial charge in [0.2, 0.25) is 5.82 Å². The Bertz CT molecular complexity index is 629. The molecule has 1 aromatic rings. The largest absolute Gasteiger partial charge is 0.373 e. The van der Waals surface area contributed by atoms with Crippen LogP contribution < -0.4 is 4.90 Å². The SMILES string of the molecule is CCc1nn(C)c(N2CCC(CN3CC(C)OC(C)C3)CC2)c1[N+](=O)[O-]. The number of aryl methyl sites for hydroxylation is 2. The molecule has 1 aromatic heterocycles. The number of piperidine rings is 1. The molecular formula is C18H31N5O3. The molecule has 0 N–H and O–H groups in total. The minimum absolute atomic E-state index is 0.185. The number of ether oxygens (including phenoxy) is 1. The smallest absolute Gasteiger partial charge is 0.334 e. The zero-order chi connectivity index (χ0) is 18.8. The van der Waals surface area contributed by atoms with Crippen LogP contribution in [0.25, 0.3) is 0 Å². The summed E-state index contributed by atoms with van der Waals surface area (Å²) in [6.45, 7) is 11.0. The number of hydrogen-bond acceptors (Lipinski definition) is 6. The van der Waals surface area contributed by atoms with Crippen molar-refractivity contribution in [3.8, 4) is 0 Å². The molecule has 2 unspecified atom stereocenters. The van der Waals surface area contributed by atoms with E-state index in [2.05, 4.69) is 28.7 Å². The van der Waals surface area contributed by atoms with E-state index in [1.807, 2.05) is 14.0 Å². The Balaban J connectivity index is 1.62. The second-order valence-electron chi connectivity index (χ2n) is 7.76. The van der Waals surface area contributed by atoms with Crippen LogP contribution >= 0.6 is 0 Å². The molecule has 8 heteroatoms. The van der Waals surface area contributed by atoms with Crippen molar-refractivity contribution in [2.75, 3.05) is 37.6 Å². The normalized spacial score (nSPS) is 25.6. The number of hydrogen-bond donors (Lipinski definition) is 0. The van der Waals surface area contributed by atoms with Crippen LogP contribution in [0, 0.1) is 16.0 Å². The van der Waals surface area contributed by atoms with Crippen LogP contribution in [0.15, 0.2) is 0 Å². The average molecular weight is 365 g/mol. The van der Waals surface area contributed by atoms with Gasteiger partial charge in [0.1, 0.15) is 5.69 Å². The molecule has 2 atom stereocenters. The van der Waals surface area contributed by atoms with E-state index < -0.39 is 0 Å². The van der Waals surface area contributed by atoms with E-state index in [1.54, 1.807) is 4.68 Å². The monoisotopic (exact) mass is 365 g/mol. The first-order valence-electron chi connectivity index (χ1n) is 9.72. The molecule has 2 fully saturated rings. The highest BCUT2D eigenvalue weighted by Gasteiger charge is 2.33. The van der Waals surface area contributed by atoms with Gasteiger partial charge in [-0.3, -0.25) is 15.0 Å². The fraction of sp³-hybridized carbons (Fsp3) is 0.833. The molecule has 0 aromatic carbocycles. The lowest BCUT2D eigenvalue weighted by atomic mass is 9.95. The Morgan fingerprint density at radius 1 is 1.23 bits per heavy atom. The second-order valence-corrected chi connectivity index (χ2v) is 7.76. The van der Waals surface area contributed by atoms with E-state index in [0.717, 1.165) is 45.6 Å². The number of rotatable bonds is 5. The van der Waals surface area contributed by atoms with Crippen molar-refractivity contribution in [1.82, 2.24) is 14.7 Å². The minimum atomic E-state index is -0.274. The van der Waals surface area contributed by atoms with Gasteiger partial charge in [-0.25, -0.2) is 4.68 Å². The highest BCUT2D eigenvalue weighted by atomic mass is 16.6. The van der Waals surface area contributed by atoms with E-state index in [9.17, 15) is 10.1 Å². The molecule has 2 aliphatic rings. The van der Waals surface area contributed by atoms with Crippen LogP contribution in [0.1, 0.15) is 39.3 Å². The highest BCUT2D eigenvalue weighted by molar-refractivity contribution is 5.61. The van der Waals surface area contributed by atoms with Crippen LogP contribution in [0.4, 0.5) is 11.5 Å². The molecule has 0 aliphatic carbocycles. The van der Waals surface area contributed by atoms with Crippen molar-refractivity contribution >= 4 is 11.5 Å². The fourth-order valence-corrected chi connectivity index (χ4v) is 4.46. The Morgan fingerprint density at radius 3 is 2.38 bits per heavy atom. The molecule has 0 bridgehead atoms. The summed E-state index contributed by atoms with van der Waals surface area (Å²) in [6.07, 6.45) is 3.29. The number of anilines is 1. The lowest BCUT2D eigenvalue weighted by molar-refractivity contribution is -0.384. The Hall–Kier alpha value is -1.67. The van der Waals surface area contributed by atoms with Crippen molar-refractivity contribution in [3.05, 3.63) is 15.8 Å². The molecule has 3 rings (SSSR count). The van der Waals surface area contributed by atoms with Gasteiger partial charge in [0.15, 0.2) is 0 Å². The summed E-state index contributed by atoms with van der Waals surface area (Å²) in [4.78, 5) is 15.9. The molecule has 8 nitrogen and oxygen atoms in total. The molecule has 2 aliphatic heterocycles. The number of nitro groups is 1. The van der Waals surface area contributed by atoms with Crippen molar-refractivity contribution in [2.24, 2.45) is 13.0 Å². The van der Waals surface area contributed by atoms with Gasteiger partial charge in [0.05, 0.1) is 17.1 Å². The topological polar surface area (TPSA) is 76.7 Å². The van der Waals surface area contributed by atoms with Crippen molar-refractivity contribution < 1.29 is 9.66 Å². The van der Waals surface area contributed by atoms with E-state index in [0.29, 0.717) is 36.1 Å². The zero-order valence-corrected chi connectivity index (χ0v) is 16.3. The van der Waals surface area contributed by atoms with E-state index in [1.165, 1.54) is 0 Å². The summed E-state index contributed by atoms with van der Waals surface area (Å²) in [6, 6.07) is 0. The van der Waals surface area contributed by atoms with Crippen molar-refractivity contribution in [3.63, 3.8) is 0 Å². The maximum atomic E-state index is 11.6. The number of nitrogens with zero attached hydrogens (tertiary/aromatic N) is 5. The third kappa shape index (κ3) is 4.01. The van der Waals surface area contributed by atoms with Gasteiger partial charge in [0.25, 0.3) is 0 Å². The molecule has 2 saturated heterocycles. The summed E-state index contributed by atoms with van der Waals surface area (Å²) >= 11 is 0. The molecule has 0 radical (unpaired) electrons. The summed E-state index contributed by atoms with van der Waals surface area (Å²) in [5.41, 5.74) is 0.759. The quantitative estimate of drug-likeness (QED) is 0.588. The van der Waals surface area contributed by atoms with Gasteiger partial charge in [-0.2, -0.15) is 5.10 Å². The van der Waals surface area contributed by atoms with E-state index >= 15 is 0 Å².